The summed E-state index contributed by atoms with van der Waals surface area (Å²) in [4.78, 5) is 40.4. The monoisotopic (exact) mass is 458 g/mol. The standard InChI is InChI=1S/C24H30N2O7/c1-5-17-21(30-4)8-6-7-9-26-15(16-10-13(2)18(27)31-16)12-23(24(21,26)25-20(29)33-23)22(17)11-14(3)19(28)32-22/h6,8,11,13,15-17H,5,7,9-10,12H2,1-4H3,(H,25,29)/t13-,15-,16-,17+,21-,22-,23-,24-/m1/s1. The van der Waals surface area contributed by atoms with Crippen molar-refractivity contribution in [3.05, 3.63) is 23.8 Å². The van der Waals surface area contributed by atoms with Crippen molar-refractivity contribution in [1.82, 2.24) is 10.2 Å². The van der Waals surface area contributed by atoms with E-state index >= 15 is 0 Å². The van der Waals surface area contributed by atoms with Crippen LogP contribution in [0.3, 0.4) is 0 Å². The Balaban J connectivity index is 1.63. The number of methoxy groups -OCH3 is 1. The van der Waals surface area contributed by atoms with Crippen molar-refractivity contribution < 1.29 is 33.3 Å². The third kappa shape index (κ3) is 2.06. The smallest absolute Gasteiger partial charge is 0.409 e. The summed E-state index contributed by atoms with van der Waals surface area (Å²) in [5.74, 6) is -1.12. The molecule has 6 aliphatic rings. The number of cyclic esters (lactones) is 1. The molecule has 0 aromatic carbocycles. The van der Waals surface area contributed by atoms with Gasteiger partial charge in [-0.05, 0) is 32.3 Å². The van der Waals surface area contributed by atoms with Crippen molar-refractivity contribution in [2.75, 3.05) is 13.7 Å². The second-order valence-corrected chi connectivity index (χ2v) is 10.3. The Morgan fingerprint density at radius 2 is 2.06 bits per heavy atom. The van der Waals surface area contributed by atoms with Gasteiger partial charge < -0.3 is 18.9 Å². The molecule has 0 aromatic rings. The van der Waals surface area contributed by atoms with Crippen molar-refractivity contribution >= 4 is 18.0 Å². The first-order valence-electron chi connectivity index (χ1n) is 11.9. The fourth-order valence-corrected chi connectivity index (χ4v) is 8.01. The summed E-state index contributed by atoms with van der Waals surface area (Å²) < 4.78 is 24.7. The summed E-state index contributed by atoms with van der Waals surface area (Å²) in [7, 11) is 1.64. The van der Waals surface area contributed by atoms with E-state index in [1.807, 2.05) is 26.0 Å². The molecule has 33 heavy (non-hydrogen) atoms. The van der Waals surface area contributed by atoms with Gasteiger partial charge in [-0.3, -0.25) is 15.0 Å². The molecule has 0 radical (unpaired) electrons. The molecule has 1 aliphatic carbocycles. The second-order valence-electron chi connectivity index (χ2n) is 10.3. The van der Waals surface area contributed by atoms with Crippen LogP contribution < -0.4 is 5.32 Å². The maximum absolute atomic E-state index is 13.0. The van der Waals surface area contributed by atoms with Gasteiger partial charge in [0.25, 0.3) is 0 Å². The molecule has 3 saturated heterocycles. The maximum atomic E-state index is 13.0. The number of amides is 1. The lowest BCUT2D eigenvalue weighted by Crippen LogP contribution is -2.73. The lowest BCUT2D eigenvalue weighted by atomic mass is 9.74. The van der Waals surface area contributed by atoms with Gasteiger partial charge in [0, 0.05) is 31.6 Å². The van der Waals surface area contributed by atoms with Crippen LogP contribution in [0, 0.1) is 11.8 Å². The van der Waals surface area contributed by atoms with Crippen LogP contribution in [-0.4, -0.2) is 71.2 Å². The Morgan fingerprint density at radius 3 is 2.67 bits per heavy atom. The average molecular weight is 459 g/mol. The topological polar surface area (TPSA) is 103 Å². The SMILES string of the molecule is CC[C@@H]1[C@]2(C=C(C)C(=O)O2)[C@]23C[C@H]([C@H]4C[C@@H](C)C(=O)O4)N4CCC=C[C@]1(OC)[C@@]42NC(=O)O3. The Hall–Kier alpha value is -2.39. The summed E-state index contributed by atoms with van der Waals surface area (Å²) in [6, 6.07) is -0.225. The van der Waals surface area contributed by atoms with Gasteiger partial charge >= 0.3 is 18.0 Å². The zero-order chi connectivity index (χ0) is 23.4. The number of nitrogens with zero attached hydrogens (tertiary/aromatic N) is 1. The number of alkyl carbamates (subject to hydrolysis) is 1. The first-order valence-corrected chi connectivity index (χ1v) is 11.9. The molecule has 9 heteroatoms. The summed E-state index contributed by atoms with van der Waals surface area (Å²) in [5, 5.41) is 3.16. The molecule has 0 unspecified atom stereocenters. The highest BCUT2D eigenvalue weighted by Gasteiger charge is 2.93. The lowest BCUT2D eigenvalue weighted by molar-refractivity contribution is -0.174. The van der Waals surface area contributed by atoms with E-state index in [9.17, 15) is 14.4 Å². The van der Waals surface area contributed by atoms with E-state index in [1.165, 1.54) is 0 Å². The molecular weight excluding hydrogens is 428 g/mol. The molecule has 5 aliphatic heterocycles. The Kier molecular flexibility index (Phi) is 4.10. The lowest BCUT2D eigenvalue weighted by Gasteiger charge is -2.48. The van der Waals surface area contributed by atoms with E-state index in [4.69, 9.17) is 18.9 Å². The zero-order valence-electron chi connectivity index (χ0n) is 19.4. The predicted molar refractivity (Wildman–Crippen MR) is 114 cm³/mol. The molecule has 2 spiro atoms. The zero-order valence-corrected chi connectivity index (χ0v) is 19.4. The number of ether oxygens (including phenoxy) is 4. The minimum absolute atomic E-state index is 0.193. The number of nitrogens with one attached hydrogen (secondary N) is 1. The van der Waals surface area contributed by atoms with E-state index in [0.717, 1.165) is 6.42 Å². The predicted octanol–water partition coefficient (Wildman–Crippen LogP) is 1.81. The number of rotatable bonds is 3. The number of carbonyl (C=O) groups is 3. The number of esters is 2. The highest BCUT2D eigenvalue weighted by molar-refractivity contribution is 5.92. The van der Waals surface area contributed by atoms with Crippen LogP contribution in [0.15, 0.2) is 23.8 Å². The molecular formula is C24H30N2O7. The average Bonchev–Trinajstić information content (AvgIpc) is 3.43. The summed E-state index contributed by atoms with van der Waals surface area (Å²) in [5.41, 5.74) is -4.10. The van der Waals surface area contributed by atoms with Gasteiger partial charge in [-0.1, -0.05) is 26.0 Å². The number of carbonyl (C=O) groups excluding carboxylic acids is 3. The van der Waals surface area contributed by atoms with Crippen LogP contribution in [0.2, 0.25) is 0 Å². The van der Waals surface area contributed by atoms with Crippen LogP contribution in [0.4, 0.5) is 4.79 Å². The van der Waals surface area contributed by atoms with E-state index in [2.05, 4.69) is 16.3 Å². The largest absolute Gasteiger partial charge is 0.460 e. The molecule has 8 atom stereocenters. The summed E-state index contributed by atoms with van der Waals surface area (Å²) in [6.07, 6.45) is 7.36. The van der Waals surface area contributed by atoms with E-state index < -0.39 is 34.5 Å². The third-order valence-electron chi connectivity index (χ3n) is 9.04. The molecule has 178 valence electrons. The van der Waals surface area contributed by atoms with E-state index in [-0.39, 0.29) is 30.0 Å². The van der Waals surface area contributed by atoms with E-state index in [1.54, 1.807) is 14.0 Å². The third-order valence-corrected chi connectivity index (χ3v) is 9.04. The minimum atomic E-state index is -1.24. The van der Waals surface area contributed by atoms with E-state index in [0.29, 0.717) is 31.4 Å². The van der Waals surface area contributed by atoms with Crippen molar-refractivity contribution in [1.29, 1.82) is 0 Å². The molecule has 9 nitrogen and oxygen atoms in total. The summed E-state index contributed by atoms with van der Waals surface area (Å²) in [6.45, 7) is 6.25. The minimum Gasteiger partial charge on any atom is -0.460 e. The molecule has 1 saturated carbocycles. The van der Waals surface area contributed by atoms with Gasteiger partial charge in [0.15, 0.2) is 16.9 Å². The number of hydrogen-bond donors (Lipinski definition) is 1. The number of hydrogen-bond acceptors (Lipinski definition) is 8. The molecule has 0 bridgehead atoms. The van der Waals surface area contributed by atoms with Crippen LogP contribution in [-0.2, 0) is 28.5 Å². The molecule has 6 rings (SSSR count). The summed E-state index contributed by atoms with van der Waals surface area (Å²) >= 11 is 0. The van der Waals surface area contributed by atoms with Crippen molar-refractivity contribution in [3.8, 4) is 0 Å². The van der Waals surface area contributed by atoms with Gasteiger partial charge in [-0.25, -0.2) is 9.59 Å². The second kappa shape index (κ2) is 6.39. The van der Waals surface area contributed by atoms with Crippen molar-refractivity contribution in [3.63, 3.8) is 0 Å². The molecule has 0 aromatic heterocycles. The first-order chi connectivity index (χ1) is 15.7. The van der Waals surface area contributed by atoms with Gasteiger partial charge in [-0.15, -0.1) is 0 Å². The Bertz CT molecular complexity index is 1020. The van der Waals surface area contributed by atoms with Gasteiger partial charge in [-0.2, -0.15) is 0 Å². The van der Waals surface area contributed by atoms with Crippen molar-refractivity contribution in [2.45, 2.75) is 81.1 Å². The molecule has 1 amide bonds. The normalized spacial score (nSPS) is 49.9. The fourth-order valence-electron chi connectivity index (χ4n) is 8.01. The van der Waals surface area contributed by atoms with Gasteiger partial charge in [0.1, 0.15) is 11.7 Å². The van der Waals surface area contributed by atoms with Gasteiger partial charge in [0.05, 0.1) is 12.0 Å². The maximum Gasteiger partial charge on any atom is 0.409 e. The first kappa shape index (κ1) is 21.2. The quantitative estimate of drug-likeness (QED) is 0.388. The van der Waals surface area contributed by atoms with Gasteiger partial charge in [0.2, 0.25) is 0 Å². The van der Waals surface area contributed by atoms with Crippen molar-refractivity contribution in [2.24, 2.45) is 11.8 Å². The van der Waals surface area contributed by atoms with Crippen LogP contribution in [0.25, 0.3) is 0 Å². The van der Waals surface area contributed by atoms with Crippen LogP contribution in [0.5, 0.6) is 0 Å². The Morgan fingerprint density at radius 1 is 1.27 bits per heavy atom. The molecule has 5 heterocycles. The van der Waals surface area contributed by atoms with Crippen LogP contribution >= 0.6 is 0 Å². The Labute approximate surface area is 192 Å². The molecule has 1 N–H and O–H groups in total. The highest BCUT2D eigenvalue weighted by atomic mass is 16.6. The molecule has 4 fully saturated rings. The van der Waals surface area contributed by atoms with Crippen LogP contribution in [0.1, 0.15) is 46.5 Å². The fraction of sp³-hybridized carbons (Fsp3) is 0.708. The highest BCUT2D eigenvalue weighted by Crippen LogP contribution is 2.72.